The normalized spacial score (nSPS) is 22.2. The van der Waals surface area contributed by atoms with Crippen LogP contribution in [0.2, 0.25) is 0 Å². The van der Waals surface area contributed by atoms with Gasteiger partial charge in [-0.25, -0.2) is 58.1 Å². The highest BCUT2D eigenvalue weighted by atomic mass is 32.2. The van der Waals surface area contributed by atoms with Crippen LogP contribution in [-0.2, 0) is 44.3 Å². The van der Waals surface area contributed by atoms with Crippen LogP contribution >= 0.6 is 0 Å². The van der Waals surface area contributed by atoms with Gasteiger partial charge in [-0.1, -0.05) is 39.0 Å². The molecule has 0 aromatic carbocycles. The summed E-state index contributed by atoms with van der Waals surface area (Å²) < 4.78 is 126. The highest BCUT2D eigenvalue weighted by molar-refractivity contribution is 7.90. The molecule has 15 heterocycles. The summed E-state index contributed by atoms with van der Waals surface area (Å²) in [4.78, 5) is 73.7. The Morgan fingerprint density at radius 2 is 0.651 bits per heavy atom. The van der Waals surface area contributed by atoms with Crippen LogP contribution in [0.25, 0.3) is 17.5 Å². The summed E-state index contributed by atoms with van der Waals surface area (Å²) in [6.07, 6.45) is 21.1. The van der Waals surface area contributed by atoms with Crippen LogP contribution in [0, 0.1) is 16.2 Å². The van der Waals surface area contributed by atoms with Crippen molar-refractivity contribution in [3.05, 3.63) is 144 Å². The number of sulfonamides is 3. The molecule has 3 amide bonds. The largest absolute Gasteiger partial charge is 0.477 e. The zero-order chi connectivity index (χ0) is 88.6. The summed E-state index contributed by atoms with van der Waals surface area (Å²) in [5.74, 6) is 2.70. The minimum absolute atomic E-state index is 0.112. The summed E-state index contributed by atoms with van der Waals surface area (Å²) >= 11 is 0. The molecule has 12 bridgehead atoms. The smallest absolute Gasteiger partial charge is 0.281 e. The number of hydrogen-bond donors (Lipinski definition) is 6. The van der Waals surface area contributed by atoms with Gasteiger partial charge in [0.2, 0.25) is 17.6 Å². The molecule has 6 aliphatic heterocycles. The summed E-state index contributed by atoms with van der Waals surface area (Å²) in [5.41, 5.74) is 0.560. The number of nitrogens with zero attached hydrogens (tertiary/aromatic N) is 15. The average Bonchev–Trinajstić information content (AvgIpc) is 1.52. The Bertz CT molecular complexity index is 5310. The van der Waals surface area contributed by atoms with Crippen molar-refractivity contribution in [3.63, 3.8) is 0 Å². The molecule has 126 heavy (non-hydrogen) atoms. The van der Waals surface area contributed by atoms with Gasteiger partial charge < -0.3 is 59.1 Å². The lowest BCUT2D eigenvalue weighted by Crippen LogP contribution is -2.41. The predicted octanol–water partition coefficient (Wildman–Crippen LogP) is 10.6. The maximum Gasteiger partial charge on any atom is 0.281 e. The van der Waals surface area contributed by atoms with Crippen molar-refractivity contribution in [2.75, 3.05) is 110 Å². The van der Waals surface area contributed by atoms with Gasteiger partial charge in [0, 0.05) is 92.7 Å². The first-order chi connectivity index (χ1) is 60.0. The molecule has 3 unspecified atom stereocenters. The fraction of sp³-hybridized carbons (Fsp3) is 0.517. The van der Waals surface area contributed by atoms with Crippen molar-refractivity contribution in [1.82, 2.24) is 73.4 Å². The molecular formula is C87H111N21O15S3. The second kappa shape index (κ2) is 35.6. The van der Waals surface area contributed by atoms with E-state index in [0.717, 1.165) is 38.5 Å². The standard InChI is InChI=1S/3C29H37N7O5S/c3*1-28(2)18-20-19-35(28)26-21(27(37)34-42(38,39)25-7-4-6-22(31-25)30-14-17-40-20)8-9-23(32-26)36-15-10-24(33-36)41-16-5-11-29(3)12-13-29/h3*4,6-10,15,20H,5,11-14,16-19H2,1-3H3,(H,30,31)(H,34,37). The maximum absolute atomic E-state index is 13.5. The molecule has 672 valence electrons. The van der Waals surface area contributed by atoms with Crippen molar-refractivity contribution in [1.29, 1.82) is 0 Å². The molecule has 3 saturated heterocycles. The molecule has 39 heteroatoms. The topological polar surface area (TPSA) is 422 Å². The van der Waals surface area contributed by atoms with Crippen LogP contribution < -0.4 is 59.0 Å². The number of ether oxygens (including phenoxy) is 6. The number of fused-ring (bicyclic) bond motifs is 18. The Morgan fingerprint density at radius 1 is 0.373 bits per heavy atom. The lowest BCUT2D eigenvalue weighted by atomic mass is 10.0. The Balaban J connectivity index is 0.000000139. The number of aromatic nitrogens is 12. The van der Waals surface area contributed by atoms with Crippen LogP contribution in [0.15, 0.2) is 143 Å². The maximum atomic E-state index is 13.5. The SMILES string of the molecule is CC1(CCCOc2ccn(-c3ccc4c(n3)N3CC(CC3(C)C)OCCNc3cccc(n3)S(=O)(=O)NC4=O)n2)CC1.CC1(CCCOc2ccn(-c3ccc4c(n3)N3CC(CC3(C)C)OCCNc3cccc(n3)S(=O)(=O)NC4=O)n2)CC1.CC1(CCCOc2ccn(-c3ccc4c(n3)N3CC(CC3(C)C)OCCNc3cccc(n3)S(=O)(=O)NC4=O)n2)CC1. The second-order valence-corrected chi connectivity index (χ2v) is 41.6. The van der Waals surface area contributed by atoms with Gasteiger partial charge in [-0.15, -0.1) is 15.3 Å². The molecule has 9 aliphatic rings. The molecule has 6 fully saturated rings. The number of anilines is 6. The first-order valence-electron chi connectivity index (χ1n) is 43.2. The molecular weight excluding hydrogens is 1680 g/mol. The van der Waals surface area contributed by atoms with Gasteiger partial charge in [0.05, 0.1) is 74.6 Å². The van der Waals surface area contributed by atoms with Gasteiger partial charge in [0.15, 0.2) is 32.5 Å². The number of pyridine rings is 6. The van der Waals surface area contributed by atoms with E-state index in [1.54, 1.807) is 124 Å². The van der Waals surface area contributed by atoms with Gasteiger partial charge in [-0.3, -0.25) is 14.4 Å². The van der Waals surface area contributed by atoms with Gasteiger partial charge in [-0.05, 0) is 227 Å². The van der Waals surface area contributed by atoms with E-state index in [9.17, 15) is 39.6 Å². The number of carbonyl (C=O) groups excluding carboxylic acids is 3. The van der Waals surface area contributed by atoms with Crippen LogP contribution in [0.5, 0.6) is 17.6 Å². The number of hydrogen-bond acceptors (Lipinski definition) is 30. The second-order valence-electron chi connectivity index (χ2n) is 36.7. The fourth-order valence-electron chi connectivity index (χ4n) is 16.7. The van der Waals surface area contributed by atoms with Gasteiger partial charge in [0.1, 0.15) is 34.9 Å². The van der Waals surface area contributed by atoms with Crippen molar-refractivity contribution in [2.24, 2.45) is 16.2 Å². The minimum atomic E-state index is -4.25. The molecule has 0 spiro atoms. The minimum Gasteiger partial charge on any atom is -0.477 e. The van der Waals surface area contributed by atoms with Crippen molar-refractivity contribution >= 4 is 82.7 Å². The van der Waals surface area contributed by atoms with E-state index >= 15 is 0 Å². The van der Waals surface area contributed by atoms with E-state index in [-0.39, 0.29) is 50.1 Å². The molecule has 3 saturated carbocycles. The summed E-state index contributed by atoms with van der Waals surface area (Å²) in [6.45, 7) is 25.0. The Labute approximate surface area is 734 Å². The summed E-state index contributed by atoms with van der Waals surface area (Å²) in [6, 6.07) is 28.8. The molecule has 3 aliphatic carbocycles. The third-order valence-electron chi connectivity index (χ3n) is 24.8. The number of amides is 3. The molecule has 9 aromatic heterocycles. The predicted molar refractivity (Wildman–Crippen MR) is 470 cm³/mol. The Hall–Kier alpha value is -11.1. The van der Waals surface area contributed by atoms with E-state index < -0.39 is 64.4 Å². The third-order valence-corrected chi connectivity index (χ3v) is 28.5. The number of carbonyl (C=O) groups is 3. The third kappa shape index (κ3) is 21.1. The van der Waals surface area contributed by atoms with Gasteiger partial charge in [-0.2, -0.15) is 25.3 Å². The van der Waals surface area contributed by atoms with Crippen molar-refractivity contribution < 1.29 is 68.1 Å². The van der Waals surface area contributed by atoms with Gasteiger partial charge >= 0.3 is 0 Å². The Morgan fingerprint density at radius 3 is 0.921 bits per heavy atom. The quantitative estimate of drug-likeness (QED) is 0.0435. The average molecular weight is 1790 g/mol. The zero-order valence-corrected chi connectivity index (χ0v) is 75.0. The van der Waals surface area contributed by atoms with Crippen molar-refractivity contribution in [3.8, 4) is 35.1 Å². The monoisotopic (exact) mass is 1790 g/mol. The Kier molecular flexibility index (Phi) is 24.9. The highest BCUT2D eigenvalue weighted by Crippen LogP contribution is 2.51. The zero-order valence-electron chi connectivity index (χ0n) is 72.5. The van der Waals surface area contributed by atoms with E-state index in [0.29, 0.717) is 184 Å². The van der Waals surface area contributed by atoms with Crippen LogP contribution in [-0.4, -0.2) is 216 Å². The van der Waals surface area contributed by atoms with Crippen molar-refractivity contribution in [2.45, 2.75) is 209 Å². The van der Waals surface area contributed by atoms with E-state index in [1.807, 2.05) is 14.7 Å². The van der Waals surface area contributed by atoms with E-state index in [4.69, 9.17) is 43.4 Å². The van der Waals surface area contributed by atoms with Gasteiger partial charge in [0.25, 0.3) is 47.8 Å². The van der Waals surface area contributed by atoms with Crippen LogP contribution in [0.4, 0.5) is 34.9 Å². The molecule has 6 N–H and O–H groups in total. The molecule has 9 aromatic rings. The number of rotatable bonds is 18. The summed E-state index contributed by atoms with van der Waals surface area (Å²) in [5, 5.41) is 22.1. The van der Waals surface area contributed by atoms with E-state index in [1.165, 1.54) is 56.7 Å². The summed E-state index contributed by atoms with van der Waals surface area (Å²) in [7, 11) is -12.8. The number of nitrogens with one attached hydrogen (secondary N) is 6. The highest BCUT2D eigenvalue weighted by Gasteiger charge is 2.47. The molecule has 36 nitrogen and oxygen atoms in total. The molecule has 0 radical (unpaired) electrons. The molecule has 3 atom stereocenters. The van der Waals surface area contributed by atoms with Crippen LogP contribution in [0.1, 0.15) is 190 Å². The van der Waals surface area contributed by atoms with Crippen LogP contribution in [0.3, 0.4) is 0 Å². The lowest BCUT2D eigenvalue weighted by Gasteiger charge is -2.33. The fourth-order valence-corrected chi connectivity index (χ4v) is 19.5. The van der Waals surface area contributed by atoms with E-state index in [2.05, 4.69) is 123 Å². The molecule has 18 rings (SSSR count). The first kappa shape index (κ1) is 88.3. The lowest BCUT2D eigenvalue weighted by molar-refractivity contribution is 0.0708. The first-order valence-corrected chi connectivity index (χ1v) is 47.6.